The van der Waals surface area contributed by atoms with Gasteiger partial charge in [-0.25, -0.2) is 0 Å². The zero-order valence-corrected chi connectivity index (χ0v) is 9.12. The fraction of sp³-hybridized carbons (Fsp3) is 1.00. The molecule has 0 saturated carbocycles. The lowest BCUT2D eigenvalue weighted by Gasteiger charge is -2.28. The van der Waals surface area contributed by atoms with E-state index in [0.717, 1.165) is 13.0 Å². The number of ether oxygens (including phenoxy) is 1. The molecule has 0 spiro atoms. The molecule has 0 amide bonds. The van der Waals surface area contributed by atoms with E-state index in [1.165, 1.54) is 12.8 Å². The lowest BCUT2D eigenvalue weighted by atomic mass is 9.82. The Labute approximate surface area is 81.8 Å². The van der Waals surface area contributed by atoms with Gasteiger partial charge in [-0.1, -0.05) is 26.7 Å². The zero-order valence-electron chi connectivity index (χ0n) is 9.12. The molecule has 2 heteroatoms. The molecule has 1 aliphatic heterocycles. The van der Waals surface area contributed by atoms with Crippen LogP contribution in [0.25, 0.3) is 0 Å². The maximum atomic E-state index is 6.25. The monoisotopic (exact) mass is 185 g/mol. The summed E-state index contributed by atoms with van der Waals surface area (Å²) >= 11 is 0. The molecule has 1 rings (SSSR count). The van der Waals surface area contributed by atoms with Crippen molar-refractivity contribution < 1.29 is 4.74 Å². The average molecular weight is 185 g/mol. The number of rotatable bonds is 4. The van der Waals surface area contributed by atoms with Crippen molar-refractivity contribution in [3.05, 3.63) is 0 Å². The summed E-state index contributed by atoms with van der Waals surface area (Å²) in [5.74, 6) is 1.26. The van der Waals surface area contributed by atoms with Crippen LogP contribution in [0.3, 0.4) is 0 Å². The summed E-state index contributed by atoms with van der Waals surface area (Å²) in [5.41, 5.74) is 6.25. The normalized spacial score (nSPS) is 31.2. The minimum Gasteiger partial charge on any atom is -0.378 e. The molecule has 1 aliphatic rings. The van der Waals surface area contributed by atoms with Gasteiger partial charge in [0.05, 0.1) is 6.10 Å². The van der Waals surface area contributed by atoms with Gasteiger partial charge in [-0.3, -0.25) is 0 Å². The molecule has 0 aromatic rings. The fourth-order valence-corrected chi connectivity index (χ4v) is 2.44. The lowest BCUT2D eigenvalue weighted by molar-refractivity contribution is 0.0919. The topological polar surface area (TPSA) is 35.2 Å². The molecule has 0 bridgehead atoms. The summed E-state index contributed by atoms with van der Waals surface area (Å²) in [5, 5.41) is 0. The van der Waals surface area contributed by atoms with Gasteiger partial charge >= 0.3 is 0 Å². The number of hydrogen-bond donors (Lipinski definition) is 1. The molecule has 1 heterocycles. The standard InChI is InChI=1S/C11H23NO/c1-4-9(5-2)11(12)10-6-7-13-8(10)3/h8-11H,4-7,12H2,1-3H3. The smallest absolute Gasteiger partial charge is 0.0590 e. The van der Waals surface area contributed by atoms with Crippen LogP contribution in [0.2, 0.25) is 0 Å². The first-order chi connectivity index (χ1) is 6.20. The van der Waals surface area contributed by atoms with Crippen LogP contribution in [-0.2, 0) is 4.74 Å². The molecule has 78 valence electrons. The highest BCUT2D eigenvalue weighted by Gasteiger charge is 2.32. The van der Waals surface area contributed by atoms with Gasteiger partial charge in [-0.2, -0.15) is 0 Å². The average Bonchev–Trinajstić information content (AvgIpc) is 2.53. The van der Waals surface area contributed by atoms with Crippen LogP contribution in [0.5, 0.6) is 0 Å². The molecule has 0 aromatic carbocycles. The first kappa shape index (κ1) is 11.0. The third-order valence-electron chi connectivity index (χ3n) is 3.52. The Morgan fingerprint density at radius 1 is 1.38 bits per heavy atom. The van der Waals surface area contributed by atoms with Crippen molar-refractivity contribution in [2.45, 2.75) is 52.2 Å². The van der Waals surface area contributed by atoms with Crippen LogP contribution in [0, 0.1) is 11.8 Å². The van der Waals surface area contributed by atoms with E-state index in [0.29, 0.717) is 24.0 Å². The highest BCUT2D eigenvalue weighted by atomic mass is 16.5. The molecular formula is C11H23NO. The second-order valence-electron chi connectivity index (χ2n) is 4.18. The van der Waals surface area contributed by atoms with Gasteiger partial charge in [0.1, 0.15) is 0 Å². The molecular weight excluding hydrogens is 162 g/mol. The zero-order chi connectivity index (χ0) is 9.84. The second-order valence-corrected chi connectivity index (χ2v) is 4.18. The van der Waals surface area contributed by atoms with Crippen LogP contribution >= 0.6 is 0 Å². The van der Waals surface area contributed by atoms with Gasteiger partial charge in [-0.15, -0.1) is 0 Å². The van der Waals surface area contributed by atoms with Gasteiger partial charge < -0.3 is 10.5 Å². The highest BCUT2D eigenvalue weighted by Crippen LogP contribution is 2.28. The van der Waals surface area contributed by atoms with E-state index in [2.05, 4.69) is 20.8 Å². The SMILES string of the molecule is CCC(CC)C(N)C1CCOC1C. The third-order valence-corrected chi connectivity index (χ3v) is 3.52. The maximum absolute atomic E-state index is 6.25. The van der Waals surface area contributed by atoms with Crippen LogP contribution in [0.4, 0.5) is 0 Å². The van der Waals surface area contributed by atoms with Gasteiger partial charge in [0, 0.05) is 18.6 Å². The van der Waals surface area contributed by atoms with Crippen LogP contribution in [0.15, 0.2) is 0 Å². The quantitative estimate of drug-likeness (QED) is 0.728. The van der Waals surface area contributed by atoms with Crippen molar-refractivity contribution in [1.82, 2.24) is 0 Å². The van der Waals surface area contributed by atoms with Gasteiger partial charge in [0.25, 0.3) is 0 Å². The summed E-state index contributed by atoms with van der Waals surface area (Å²) in [6, 6.07) is 0.340. The summed E-state index contributed by atoms with van der Waals surface area (Å²) < 4.78 is 5.55. The minimum atomic E-state index is 0.340. The number of nitrogens with two attached hydrogens (primary N) is 1. The fourth-order valence-electron chi connectivity index (χ4n) is 2.44. The first-order valence-electron chi connectivity index (χ1n) is 5.57. The minimum absolute atomic E-state index is 0.340. The Bertz CT molecular complexity index is 145. The van der Waals surface area contributed by atoms with Crippen molar-refractivity contribution in [2.75, 3.05) is 6.61 Å². The van der Waals surface area contributed by atoms with Crippen molar-refractivity contribution >= 4 is 0 Å². The summed E-state index contributed by atoms with van der Waals surface area (Å²) in [4.78, 5) is 0. The van der Waals surface area contributed by atoms with Crippen LogP contribution < -0.4 is 5.73 Å². The molecule has 0 radical (unpaired) electrons. The molecule has 2 N–H and O–H groups in total. The molecule has 3 atom stereocenters. The highest BCUT2D eigenvalue weighted by molar-refractivity contribution is 4.85. The Morgan fingerprint density at radius 3 is 2.38 bits per heavy atom. The summed E-state index contributed by atoms with van der Waals surface area (Å²) in [6.45, 7) is 7.52. The predicted octanol–water partition coefficient (Wildman–Crippen LogP) is 2.17. The molecule has 1 fully saturated rings. The molecule has 0 aliphatic carbocycles. The van der Waals surface area contributed by atoms with Crippen LogP contribution in [-0.4, -0.2) is 18.8 Å². The lowest BCUT2D eigenvalue weighted by Crippen LogP contribution is -2.40. The summed E-state index contributed by atoms with van der Waals surface area (Å²) in [6.07, 6.45) is 3.91. The molecule has 13 heavy (non-hydrogen) atoms. The third kappa shape index (κ3) is 2.44. The van der Waals surface area contributed by atoms with E-state index in [-0.39, 0.29) is 0 Å². The Morgan fingerprint density at radius 2 is 2.00 bits per heavy atom. The van der Waals surface area contributed by atoms with E-state index in [1.54, 1.807) is 0 Å². The molecule has 0 aromatic heterocycles. The first-order valence-corrected chi connectivity index (χ1v) is 5.57. The van der Waals surface area contributed by atoms with Crippen LogP contribution in [0.1, 0.15) is 40.0 Å². The van der Waals surface area contributed by atoms with Crippen molar-refractivity contribution in [3.63, 3.8) is 0 Å². The molecule has 3 unspecified atom stereocenters. The van der Waals surface area contributed by atoms with E-state index in [4.69, 9.17) is 10.5 Å². The van der Waals surface area contributed by atoms with Crippen molar-refractivity contribution in [2.24, 2.45) is 17.6 Å². The Kier molecular flexibility index (Phi) is 4.20. The predicted molar refractivity (Wildman–Crippen MR) is 55.6 cm³/mol. The van der Waals surface area contributed by atoms with Crippen molar-refractivity contribution in [1.29, 1.82) is 0 Å². The maximum Gasteiger partial charge on any atom is 0.0590 e. The second kappa shape index (κ2) is 4.97. The van der Waals surface area contributed by atoms with E-state index >= 15 is 0 Å². The molecule has 2 nitrogen and oxygen atoms in total. The van der Waals surface area contributed by atoms with E-state index < -0.39 is 0 Å². The van der Waals surface area contributed by atoms with E-state index in [1.807, 2.05) is 0 Å². The van der Waals surface area contributed by atoms with Crippen molar-refractivity contribution in [3.8, 4) is 0 Å². The molecule has 1 saturated heterocycles. The summed E-state index contributed by atoms with van der Waals surface area (Å²) in [7, 11) is 0. The van der Waals surface area contributed by atoms with Gasteiger partial charge in [-0.05, 0) is 19.3 Å². The Hall–Kier alpha value is -0.0800. The Balaban J connectivity index is 2.49. The van der Waals surface area contributed by atoms with E-state index in [9.17, 15) is 0 Å². The van der Waals surface area contributed by atoms with Gasteiger partial charge in [0.15, 0.2) is 0 Å². The number of hydrogen-bond acceptors (Lipinski definition) is 2. The van der Waals surface area contributed by atoms with Gasteiger partial charge in [0.2, 0.25) is 0 Å². The largest absolute Gasteiger partial charge is 0.378 e.